The van der Waals surface area contributed by atoms with E-state index < -0.39 is 16.1 Å². The van der Waals surface area contributed by atoms with Crippen molar-refractivity contribution >= 4 is 37.5 Å². The molecule has 8 heteroatoms. The Morgan fingerprint density at radius 2 is 2.11 bits per heavy atom. The van der Waals surface area contributed by atoms with E-state index in [0.717, 1.165) is 22.0 Å². The Balaban J connectivity index is 1.97. The van der Waals surface area contributed by atoms with E-state index >= 15 is 0 Å². The third kappa shape index (κ3) is 3.75. The molecule has 0 fully saturated rings. The smallest absolute Gasteiger partial charge is 0.246 e. The van der Waals surface area contributed by atoms with Gasteiger partial charge in [0.25, 0.3) is 0 Å². The van der Waals surface area contributed by atoms with E-state index in [1.54, 1.807) is 0 Å². The van der Waals surface area contributed by atoms with E-state index in [4.69, 9.17) is 0 Å². The standard InChI is InChI=1S/C11H14BrN3O3S/c1-19(17,18)14-5-4-13-10-8-3-2-7(12)6-9(8)15-11(10)16/h2-3,6,10,13-14H,4-5H2,1H3,(H,15,16). The van der Waals surface area contributed by atoms with Crippen LogP contribution in [0.2, 0.25) is 0 Å². The number of carbonyl (C=O) groups excluding carboxylic acids is 1. The quantitative estimate of drug-likeness (QED) is 0.680. The molecule has 2 rings (SSSR count). The van der Waals surface area contributed by atoms with Crippen LogP contribution in [0.15, 0.2) is 22.7 Å². The molecule has 3 N–H and O–H groups in total. The summed E-state index contributed by atoms with van der Waals surface area (Å²) in [5, 5.41) is 5.80. The summed E-state index contributed by atoms with van der Waals surface area (Å²) >= 11 is 3.34. The van der Waals surface area contributed by atoms with E-state index in [-0.39, 0.29) is 12.5 Å². The summed E-state index contributed by atoms with van der Waals surface area (Å²) in [6.07, 6.45) is 1.10. The minimum absolute atomic E-state index is 0.132. The van der Waals surface area contributed by atoms with E-state index in [1.807, 2.05) is 18.2 Å². The van der Waals surface area contributed by atoms with Crippen LogP contribution in [0.3, 0.4) is 0 Å². The van der Waals surface area contributed by atoms with Gasteiger partial charge < -0.3 is 10.6 Å². The van der Waals surface area contributed by atoms with Gasteiger partial charge in [-0.2, -0.15) is 0 Å². The van der Waals surface area contributed by atoms with Gasteiger partial charge in [-0.05, 0) is 12.1 Å². The van der Waals surface area contributed by atoms with Gasteiger partial charge in [0.1, 0.15) is 6.04 Å². The highest BCUT2D eigenvalue weighted by Crippen LogP contribution is 2.32. The maximum Gasteiger partial charge on any atom is 0.246 e. The number of fused-ring (bicyclic) bond motifs is 1. The van der Waals surface area contributed by atoms with E-state index in [1.165, 1.54) is 0 Å². The summed E-state index contributed by atoms with van der Waals surface area (Å²) in [6.45, 7) is 0.620. The lowest BCUT2D eigenvalue weighted by molar-refractivity contribution is -0.117. The molecule has 19 heavy (non-hydrogen) atoms. The molecule has 1 amide bonds. The molecule has 0 bridgehead atoms. The van der Waals surface area contributed by atoms with E-state index in [2.05, 4.69) is 31.3 Å². The topological polar surface area (TPSA) is 87.3 Å². The Hall–Kier alpha value is -0.960. The molecule has 1 aromatic rings. The molecule has 1 unspecified atom stereocenters. The van der Waals surface area contributed by atoms with Crippen LogP contribution >= 0.6 is 15.9 Å². The highest BCUT2D eigenvalue weighted by Gasteiger charge is 2.29. The third-order valence-corrected chi connectivity index (χ3v) is 3.91. The van der Waals surface area contributed by atoms with Crippen molar-refractivity contribution in [2.75, 3.05) is 24.7 Å². The van der Waals surface area contributed by atoms with Crippen LogP contribution in [-0.2, 0) is 14.8 Å². The first-order chi connectivity index (χ1) is 8.87. The Morgan fingerprint density at radius 3 is 2.79 bits per heavy atom. The molecule has 1 aromatic carbocycles. The number of halogens is 1. The average Bonchev–Trinajstić information content (AvgIpc) is 2.58. The molecule has 104 valence electrons. The van der Waals surface area contributed by atoms with Gasteiger partial charge in [-0.15, -0.1) is 0 Å². The van der Waals surface area contributed by atoms with E-state index in [9.17, 15) is 13.2 Å². The first-order valence-corrected chi connectivity index (χ1v) is 8.33. The molecule has 1 aliphatic heterocycles. The molecule has 0 spiro atoms. The molecule has 0 saturated heterocycles. The Morgan fingerprint density at radius 1 is 1.37 bits per heavy atom. The molecule has 1 atom stereocenters. The van der Waals surface area contributed by atoms with Gasteiger partial charge in [-0.25, -0.2) is 13.1 Å². The van der Waals surface area contributed by atoms with Crippen molar-refractivity contribution in [3.05, 3.63) is 28.2 Å². The normalized spacial score (nSPS) is 18.2. The highest BCUT2D eigenvalue weighted by atomic mass is 79.9. The number of hydrogen-bond donors (Lipinski definition) is 3. The number of carbonyl (C=O) groups is 1. The van der Waals surface area contributed by atoms with Crippen molar-refractivity contribution in [1.29, 1.82) is 0 Å². The molecule has 0 aliphatic carbocycles. The lowest BCUT2D eigenvalue weighted by Gasteiger charge is -2.11. The number of rotatable bonds is 5. The molecule has 0 radical (unpaired) electrons. The number of anilines is 1. The lowest BCUT2D eigenvalue weighted by atomic mass is 10.1. The summed E-state index contributed by atoms with van der Waals surface area (Å²) < 4.78 is 25.1. The summed E-state index contributed by atoms with van der Waals surface area (Å²) in [5.41, 5.74) is 1.64. The van der Waals surface area contributed by atoms with Crippen molar-refractivity contribution in [3.8, 4) is 0 Å². The first-order valence-electron chi connectivity index (χ1n) is 5.65. The van der Waals surface area contributed by atoms with Crippen molar-refractivity contribution < 1.29 is 13.2 Å². The average molecular weight is 348 g/mol. The van der Waals surface area contributed by atoms with Crippen LogP contribution in [0.4, 0.5) is 5.69 Å². The van der Waals surface area contributed by atoms with Gasteiger partial charge >= 0.3 is 0 Å². The highest BCUT2D eigenvalue weighted by molar-refractivity contribution is 9.10. The van der Waals surface area contributed by atoms with Crippen molar-refractivity contribution in [1.82, 2.24) is 10.0 Å². The van der Waals surface area contributed by atoms with Crippen molar-refractivity contribution in [2.24, 2.45) is 0 Å². The number of benzene rings is 1. The van der Waals surface area contributed by atoms with Gasteiger partial charge in [0.2, 0.25) is 15.9 Å². The van der Waals surface area contributed by atoms with Crippen LogP contribution in [0.1, 0.15) is 11.6 Å². The fourth-order valence-electron chi connectivity index (χ4n) is 1.89. The first kappa shape index (κ1) is 14.4. The zero-order chi connectivity index (χ0) is 14.0. The predicted octanol–water partition coefficient (Wildman–Crippen LogP) is 0.581. The van der Waals surface area contributed by atoms with Gasteiger partial charge in [0, 0.05) is 28.8 Å². The maximum absolute atomic E-state index is 11.8. The zero-order valence-electron chi connectivity index (χ0n) is 10.2. The second-order valence-electron chi connectivity index (χ2n) is 4.27. The summed E-state index contributed by atoms with van der Waals surface area (Å²) in [7, 11) is -3.20. The molecule has 1 heterocycles. The van der Waals surface area contributed by atoms with Gasteiger partial charge in [0.05, 0.1) is 6.26 Å². The largest absolute Gasteiger partial charge is 0.324 e. The van der Waals surface area contributed by atoms with Gasteiger partial charge in [0.15, 0.2) is 0 Å². The summed E-state index contributed by atoms with van der Waals surface area (Å²) in [5.74, 6) is -0.132. The Kier molecular flexibility index (Phi) is 4.24. The number of nitrogens with one attached hydrogen (secondary N) is 3. The predicted molar refractivity (Wildman–Crippen MR) is 76.4 cm³/mol. The third-order valence-electron chi connectivity index (χ3n) is 2.68. The maximum atomic E-state index is 11.8. The monoisotopic (exact) mass is 347 g/mol. The van der Waals surface area contributed by atoms with Crippen LogP contribution in [0, 0.1) is 0 Å². The molecule has 0 aromatic heterocycles. The summed E-state index contributed by atoms with van der Waals surface area (Å²) in [4.78, 5) is 11.8. The van der Waals surface area contributed by atoms with Gasteiger partial charge in [-0.3, -0.25) is 4.79 Å². The number of sulfonamides is 1. The van der Waals surface area contributed by atoms with E-state index in [0.29, 0.717) is 6.54 Å². The van der Waals surface area contributed by atoms with Crippen LogP contribution in [0.25, 0.3) is 0 Å². The zero-order valence-corrected chi connectivity index (χ0v) is 12.6. The van der Waals surface area contributed by atoms with Gasteiger partial charge in [-0.1, -0.05) is 22.0 Å². The molecular formula is C11H14BrN3O3S. The fraction of sp³-hybridized carbons (Fsp3) is 0.364. The second-order valence-corrected chi connectivity index (χ2v) is 7.02. The minimum Gasteiger partial charge on any atom is -0.324 e. The second kappa shape index (κ2) is 5.58. The lowest BCUT2D eigenvalue weighted by Crippen LogP contribution is -2.35. The van der Waals surface area contributed by atoms with Crippen LogP contribution < -0.4 is 15.4 Å². The molecule has 6 nitrogen and oxygen atoms in total. The SMILES string of the molecule is CS(=O)(=O)NCCNC1C(=O)Nc2cc(Br)ccc21. The van der Waals surface area contributed by atoms with Crippen molar-refractivity contribution in [3.63, 3.8) is 0 Å². The molecular weight excluding hydrogens is 334 g/mol. The Labute approximate surface area is 120 Å². The Bertz CT molecular complexity index is 603. The number of hydrogen-bond acceptors (Lipinski definition) is 4. The fourth-order valence-corrected chi connectivity index (χ4v) is 2.72. The minimum atomic E-state index is -3.20. The molecule has 1 aliphatic rings. The summed E-state index contributed by atoms with van der Waals surface area (Å²) in [6, 6.07) is 5.12. The van der Waals surface area contributed by atoms with Crippen molar-refractivity contribution in [2.45, 2.75) is 6.04 Å². The van der Waals surface area contributed by atoms with Crippen LogP contribution in [-0.4, -0.2) is 33.7 Å². The molecule has 0 saturated carbocycles. The number of amides is 1. The van der Waals surface area contributed by atoms with Crippen LogP contribution in [0.5, 0.6) is 0 Å².